The van der Waals surface area contributed by atoms with Gasteiger partial charge in [-0.15, -0.1) is 20.4 Å². The van der Waals surface area contributed by atoms with Crippen LogP contribution in [0.1, 0.15) is 44.9 Å². The van der Waals surface area contributed by atoms with Crippen molar-refractivity contribution in [3.8, 4) is 11.4 Å². The minimum Gasteiger partial charge on any atom is -0.326 e. The first kappa shape index (κ1) is 22.3. The van der Waals surface area contributed by atoms with Crippen LogP contribution in [0.25, 0.3) is 11.4 Å². The summed E-state index contributed by atoms with van der Waals surface area (Å²) >= 11 is 4.91. The average Bonchev–Trinajstić information content (AvgIpc) is 3.33. The molecule has 1 aliphatic rings. The topological polar surface area (TPSA) is 85.6 Å². The summed E-state index contributed by atoms with van der Waals surface area (Å²) in [5.74, 6) is 3.73. The van der Waals surface area contributed by atoms with Gasteiger partial charge in [0.25, 0.3) is 0 Å². The zero-order valence-corrected chi connectivity index (χ0v) is 20.0. The molecule has 4 rings (SSSR count). The number of aryl methyl sites for hydroxylation is 1. The molecule has 0 fully saturated rings. The normalized spacial score (nSPS) is 13.6. The van der Waals surface area contributed by atoms with Crippen LogP contribution in [0.5, 0.6) is 0 Å². The molecule has 7 nitrogen and oxygen atoms in total. The Labute approximate surface area is 194 Å². The number of carbonyl (C=O) groups is 1. The lowest BCUT2D eigenvalue weighted by molar-refractivity contribution is -0.115. The first-order valence-corrected chi connectivity index (χ1v) is 13.4. The third kappa shape index (κ3) is 6.08. The minimum absolute atomic E-state index is 0.00157. The van der Waals surface area contributed by atoms with Gasteiger partial charge in [0.1, 0.15) is 5.82 Å². The van der Waals surface area contributed by atoms with E-state index in [4.69, 9.17) is 0 Å². The van der Waals surface area contributed by atoms with Gasteiger partial charge in [0.15, 0.2) is 14.5 Å². The van der Waals surface area contributed by atoms with Crippen LogP contribution >= 0.6 is 34.9 Å². The van der Waals surface area contributed by atoms with Gasteiger partial charge < -0.3 is 9.88 Å². The van der Waals surface area contributed by atoms with Crippen molar-refractivity contribution in [3.63, 3.8) is 0 Å². The molecule has 3 aromatic rings. The number of nitrogens with zero attached hydrogens (tertiary/aromatic N) is 5. The molecule has 0 saturated carbocycles. The Morgan fingerprint density at radius 3 is 2.58 bits per heavy atom. The predicted molar refractivity (Wildman–Crippen MR) is 128 cm³/mol. The minimum atomic E-state index is 0.00157. The van der Waals surface area contributed by atoms with Gasteiger partial charge in [-0.2, -0.15) is 0 Å². The van der Waals surface area contributed by atoms with E-state index in [0.29, 0.717) is 12.2 Å². The second-order valence-electron chi connectivity index (χ2n) is 7.31. The molecular weight excluding hydrogens is 448 g/mol. The fourth-order valence-corrected chi connectivity index (χ4v) is 6.31. The summed E-state index contributed by atoms with van der Waals surface area (Å²) in [6, 6.07) is 7.87. The van der Waals surface area contributed by atoms with E-state index in [1.165, 1.54) is 19.3 Å². The van der Waals surface area contributed by atoms with Gasteiger partial charge in [-0.3, -0.25) is 4.79 Å². The van der Waals surface area contributed by atoms with Crippen LogP contribution in [-0.2, 0) is 17.8 Å². The Kier molecular flexibility index (Phi) is 7.98. The van der Waals surface area contributed by atoms with Crippen molar-refractivity contribution in [3.05, 3.63) is 30.1 Å². The van der Waals surface area contributed by atoms with Crippen molar-refractivity contribution in [1.82, 2.24) is 25.0 Å². The number of rotatable bonds is 9. The van der Waals surface area contributed by atoms with Gasteiger partial charge in [-0.1, -0.05) is 48.2 Å². The van der Waals surface area contributed by atoms with Crippen LogP contribution in [0.3, 0.4) is 0 Å². The predicted octanol–water partition coefficient (Wildman–Crippen LogP) is 5.15. The highest BCUT2D eigenvalue weighted by molar-refractivity contribution is 8.03. The van der Waals surface area contributed by atoms with Crippen molar-refractivity contribution in [2.24, 2.45) is 0 Å². The van der Waals surface area contributed by atoms with E-state index in [2.05, 4.69) is 37.2 Å². The molecule has 2 aromatic heterocycles. The van der Waals surface area contributed by atoms with Crippen molar-refractivity contribution in [2.45, 2.75) is 60.7 Å². The second-order valence-corrected chi connectivity index (χ2v) is 11.0. The summed E-state index contributed by atoms with van der Waals surface area (Å²) in [7, 11) is 0. The summed E-state index contributed by atoms with van der Waals surface area (Å²) < 4.78 is 4.15. The molecule has 164 valence electrons. The SMILES string of the molecule is CCCSc1nnc(SCCC(=O)Nc2ccc(-c3nnc4n3CCCCC4)cc2)s1. The molecule has 31 heavy (non-hydrogen) atoms. The Hall–Kier alpha value is -1.91. The molecule has 1 amide bonds. The molecule has 0 saturated heterocycles. The summed E-state index contributed by atoms with van der Waals surface area (Å²) in [6.45, 7) is 3.12. The first-order valence-electron chi connectivity index (χ1n) is 10.6. The number of carbonyl (C=O) groups excluding carboxylic acids is 1. The maximum atomic E-state index is 12.3. The third-order valence-corrected chi connectivity index (χ3v) is 8.31. The highest BCUT2D eigenvalue weighted by Gasteiger charge is 2.16. The van der Waals surface area contributed by atoms with Gasteiger partial charge in [-0.05, 0) is 43.5 Å². The molecule has 0 aliphatic carbocycles. The number of hydrogen-bond donors (Lipinski definition) is 1. The average molecular weight is 475 g/mol. The first-order chi connectivity index (χ1) is 15.2. The van der Waals surface area contributed by atoms with Gasteiger partial charge >= 0.3 is 0 Å². The number of aromatic nitrogens is 5. The monoisotopic (exact) mass is 474 g/mol. The van der Waals surface area contributed by atoms with Crippen molar-refractivity contribution < 1.29 is 4.79 Å². The number of nitrogens with one attached hydrogen (secondary N) is 1. The van der Waals surface area contributed by atoms with Crippen molar-refractivity contribution >= 4 is 46.5 Å². The van der Waals surface area contributed by atoms with E-state index >= 15 is 0 Å². The van der Waals surface area contributed by atoms with E-state index in [1.807, 2.05) is 24.3 Å². The molecule has 0 spiro atoms. The Bertz CT molecular complexity index is 1000. The molecular formula is C21H26N6OS3. The molecule has 0 atom stereocenters. The largest absolute Gasteiger partial charge is 0.326 e. The van der Waals surface area contributed by atoms with Crippen molar-refractivity contribution in [2.75, 3.05) is 16.8 Å². The standard InChI is InChI=1S/C21H26N6OS3/c1-2-13-29-20-25-26-21(31-20)30-14-11-18(28)22-16-9-7-15(8-10-16)19-24-23-17-6-4-3-5-12-27(17)19/h7-10H,2-6,11-14H2,1H3,(H,22,28). The van der Waals surface area contributed by atoms with Crippen LogP contribution in [0.4, 0.5) is 5.69 Å². The summed E-state index contributed by atoms with van der Waals surface area (Å²) in [5.41, 5.74) is 1.82. The lowest BCUT2D eigenvalue weighted by atomic mass is 10.2. The van der Waals surface area contributed by atoms with Gasteiger partial charge in [0.2, 0.25) is 5.91 Å². The molecule has 0 bridgehead atoms. The zero-order valence-electron chi connectivity index (χ0n) is 17.5. The maximum absolute atomic E-state index is 12.3. The van der Waals surface area contributed by atoms with Crippen LogP contribution in [0, 0.1) is 0 Å². The fraction of sp³-hybridized carbons (Fsp3) is 0.476. The second kappa shape index (κ2) is 11.1. The Morgan fingerprint density at radius 2 is 1.81 bits per heavy atom. The fourth-order valence-electron chi connectivity index (χ4n) is 3.36. The number of anilines is 1. The summed E-state index contributed by atoms with van der Waals surface area (Å²) in [6.07, 6.45) is 6.13. The molecule has 0 radical (unpaired) electrons. The molecule has 10 heteroatoms. The van der Waals surface area contributed by atoms with Crippen LogP contribution in [-0.4, -0.2) is 42.4 Å². The quantitative estimate of drug-likeness (QED) is 0.429. The summed E-state index contributed by atoms with van der Waals surface area (Å²) in [5, 5.41) is 20.1. The van der Waals surface area contributed by atoms with Crippen LogP contribution in [0.15, 0.2) is 32.9 Å². The van der Waals surface area contributed by atoms with Gasteiger partial charge in [0.05, 0.1) is 0 Å². The van der Waals surface area contributed by atoms with E-state index in [0.717, 1.165) is 56.7 Å². The van der Waals surface area contributed by atoms with Crippen LogP contribution in [0.2, 0.25) is 0 Å². The van der Waals surface area contributed by atoms with Crippen molar-refractivity contribution in [1.29, 1.82) is 0 Å². The molecule has 1 aromatic carbocycles. The van der Waals surface area contributed by atoms with E-state index in [-0.39, 0.29) is 5.91 Å². The highest BCUT2D eigenvalue weighted by atomic mass is 32.2. The lowest BCUT2D eigenvalue weighted by Gasteiger charge is -2.08. The number of amides is 1. The third-order valence-electron chi connectivity index (χ3n) is 4.91. The van der Waals surface area contributed by atoms with E-state index in [9.17, 15) is 4.79 Å². The summed E-state index contributed by atoms with van der Waals surface area (Å²) in [4.78, 5) is 12.3. The van der Waals surface area contributed by atoms with E-state index in [1.54, 1.807) is 34.9 Å². The number of fused-ring (bicyclic) bond motifs is 1. The molecule has 1 N–H and O–H groups in total. The maximum Gasteiger partial charge on any atom is 0.225 e. The molecule has 0 unspecified atom stereocenters. The lowest BCUT2D eigenvalue weighted by Crippen LogP contribution is -2.12. The number of thioether (sulfide) groups is 2. The Balaban J connectivity index is 1.27. The molecule has 3 heterocycles. The zero-order chi connectivity index (χ0) is 21.5. The smallest absolute Gasteiger partial charge is 0.225 e. The number of benzene rings is 1. The molecule has 1 aliphatic heterocycles. The van der Waals surface area contributed by atoms with E-state index < -0.39 is 0 Å². The number of hydrogen-bond acceptors (Lipinski definition) is 8. The van der Waals surface area contributed by atoms with Gasteiger partial charge in [0, 0.05) is 42.1 Å². The van der Waals surface area contributed by atoms with Crippen LogP contribution < -0.4 is 5.32 Å². The highest BCUT2D eigenvalue weighted by Crippen LogP contribution is 2.29. The Morgan fingerprint density at radius 1 is 1.03 bits per heavy atom. The van der Waals surface area contributed by atoms with Gasteiger partial charge in [-0.25, -0.2) is 0 Å².